The van der Waals surface area contributed by atoms with E-state index in [-0.39, 0.29) is 5.91 Å². The van der Waals surface area contributed by atoms with Crippen molar-refractivity contribution in [2.24, 2.45) is 0 Å². The van der Waals surface area contributed by atoms with Gasteiger partial charge in [0.15, 0.2) is 6.10 Å². The molecular formula is C15H19BrN2O3. The molecule has 0 bridgehead atoms. The van der Waals surface area contributed by atoms with E-state index in [1.807, 2.05) is 0 Å². The van der Waals surface area contributed by atoms with Crippen LogP contribution in [-0.2, 0) is 9.53 Å². The number of rotatable bonds is 3. The van der Waals surface area contributed by atoms with Crippen LogP contribution in [0.3, 0.4) is 0 Å². The summed E-state index contributed by atoms with van der Waals surface area (Å²) < 4.78 is 6.00. The quantitative estimate of drug-likeness (QED) is 0.668. The Kier molecular flexibility index (Phi) is 4.88. The largest absolute Gasteiger partial charge is 0.449 e. The van der Waals surface area contributed by atoms with Crippen LogP contribution >= 0.6 is 15.9 Å². The van der Waals surface area contributed by atoms with Crippen LogP contribution in [0.25, 0.3) is 0 Å². The van der Waals surface area contributed by atoms with Gasteiger partial charge in [0.05, 0.1) is 5.56 Å². The Bertz CT molecular complexity index is 568. The molecule has 2 N–H and O–H groups in total. The summed E-state index contributed by atoms with van der Waals surface area (Å²) in [5.74, 6) is -0.665. The van der Waals surface area contributed by atoms with E-state index in [1.165, 1.54) is 0 Å². The number of hydrogen-bond donors (Lipinski definition) is 1. The fraction of sp³-hybridized carbons (Fsp3) is 0.467. The second kappa shape index (κ2) is 6.47. The first kappa shape index (κ1) is 15.8. The molecule has 0 radical (unpaired) electrons. The Balaban J connectivity index is 2.09. The molecule has 1 aliphatic heterocycles. The third kappa shape index (κ3) is 3.56. The van der Waals surface area contributed by atoms with Gasteiger partial charge in [-0.3, -0.25) is 4.79 Å². The van der Waals surface area contributed by atoms with E-state index in [9.17, 15) is 9.59 Å². The average molecular weight is 355 g/mol. The van der Waals surface area contributed by atoms with Gasteiger partial charge in [0, 0.05) is 23.2 Å². The highest BCUT2D eigenvalue weighted by atomic mass is 79.9. The van der Waals surface area contributed by atoms with Gasteiger partial charge >= 0.3 is 5.97 Å². The predicted molar refractivity (Wildman–Crippen MR) is 84.0 cm³/mol. The molecule has 1 aromatic rings. The van der Waals surface area contributed by atoms with Crippen molar-refractivity contribution in [1.29, 1.82) is 0 Å². The van der Waals surface area contributed by atoms with Crippen LogP contribution in [-0.4, -0.2) is 36.0 Å². The maximum Gasteiger partial charge on any atom is 0.339 e. The molecule has 0 spiro atoms. The number of ether oxygens (including phenoxy) is 1. The summed E-state index contributed by atoms with van der Waals surface area (Å²) in [5, 5.41) is 0. The van der Waals surface area contributed by atoms with Crippen molar-refractivity contribution < 1.29 is 14.3 Å². The molecule has 1 aliphatic rings. The molecule has 2 rings (SSSR count). The maximum atomic E-state index is 12.2. The van der Waals surface area contributed by atoms with E-state index in [4.69, 9.17) is 10.5 Å². The monoisotopic (exact) mass is 354 g/mol. The van der Waals surface area contributed by atoms with Gasteiger partial charge in [-0.1, -0.05) is 15.9 Å². The van der Waals surface area contributed by atoms with E-state index in [2.05, 4.69) is 15.9 Å². The molecule has 1 saturated heterocycles. The Labute approximate surface area is 132 Å². The Morgan fingerprint density at radius 1 is 1.33 bits per heavy atom. The molecule has 21 heavy (non-hydrogen) atoms. The number of nitrogens with zero attached hydrogens (tertiary/aromatic N) is 1. The van der Waals surface area contributed by atoms with Gasteiger partial charge in [-0.05, 0) is 44.4 Å². The van der Waals surface area contributed by atoms with Crippen molar-refractivity contribution >= 4 is 33.5 Å². The second-order valence-corrected chi connectivity index (χ2v) is 6.16. The van der Waals surface area contributed by atoms with Crippen molar-refractivity contribution in [2.45, 2.75) is 32.8 Å². The zero-order chi connectivity index (χ0) is 15.6. The molecule has 1 amide bonds. The predicted octanol–water partition coefficient (Wildman–Crippen LogP) is 2.51. The number of nitrogen functional groups attached to an aromatic ring is 1. The lowest BCUT2D eigenvalue weighted by atomic mass is 10.1. The summed E-state index contributed by atoms with van der Waals surface area (Å²) in [7, 11) is 0. The smallest absolute Gasteiger partial charge is 0.339 e. The highest BCUT2D eigenvalue weighted by molar-refractivity contribution is 9.10. The number of hydrogen-bond acceptors (Lipinski definition) is 4. The number of carbonyl (C=O) groups excluding carboxylic acids is 2. The molecular weight excluding hydrogens is 336 g/mol. The van der Waals surface area contributed by atoms with Gasteiger partial charge in [0.25, 0.3) is 5.91 Å². The zero-order valence-corrected chi connectivity index (χ0v) is 13.8. The summed E-state index contributed by atoms with van der Waals surface area (Å²) in [6, 6.07) is 3.38. The Hall–Kier alpha value is -1.56. The Morgan fingerprint density at radius 3 is 2.57 bits per heavy atom. The lowest BCUT2D eigenvalue weighted by Crippen LogP contribution is -2.38. The molecule has 5 nitrogen and oxygen atoms in total. The summed E-state index contributed by atoms with van der Waals surface area (Å²) in [5.41, 5.74) is 7.38. The lowest BCUT2D eigenvalue weighted by molar-refractivity contribution is -0.138. The Morgan fingerprint density at radius 2 is 1.95 bits per heavy atom. The minimum Gasteiger partial charge on any atom is -0.449 e. The van der Waals surface area contributed by atoms with Crippen molar-refractivity contribution in [2.75, 3.05) is 18.8 Å². The van der Waals surface area contributed by atoms with Crippen LogP contribution in [0.2, 0.25) is 0 Å². The van der Waals surface area contributed by atoms with E-state index in [1.54, 1.807) is 30.9 Å². The van der Waals surface area contributed by atoms with Crippen molar-refractivity contribution in [3.05, 3.63) is 27.7 Å². The fourth-order valence-electron chi connectivity index (χ4n) is 2.38. The van der Waals surface area contributed by atoms with Crippen LogP contribution in [0, 0.1) is 6.92 Å². The minimum absolute atomic E-state index is 0.138. The third-order valence-corrected chi connectivity index (χ3v) is 4.14. The number of anilines is 1. The summed E-state index contributed by atoms with van der Waals surface area (Å²) >= 11 is 3.30. The van der Waals surface area contributed by atoms with Crippen LogP contribution in [0.15, 0.2) is 16.6 Å². The van der Waals surface area contributed by atoms with Crippen LogP contribution < -0.4 is 5.73 Å². The molecule has 114 valence electrons. The number of halogens is 1. The summed E-state index contributed by atoms with van der Waals surface area (Å²) in [4.78, 5) is 26.1. The molecule has 1 heterocycles. The number of nitrogens with two attached hydrogens (primary N) is 1. The molecule has 0 aliphatic carbocycles. The lowest BCUT2D eigenvalue weighted by Gasteiger charge is -2.20. The van der Waals surface area contributed by atoms with Gasteiger partial charge in [-0.2, -0.15) is 0 Å². The number of carbonyl (C=O) groups is 2. The first-order valence-corrected chi connectivity index (χ1v) is 7.75. The first-order valence-electron chi connectivity index (χ1n) is 6.95. The number of benzene rings is 1. The van der Waals surface area contributed by atoms with Crippen molar-refractivity contribution in [3.8, 4) is 0 Å². The van der Waals surface area contributed by atoms with Crippen molar-refractivity contribution in [3.63, 3.8) is 0 Å². The third-order valence-electron chi connectivity index (χ3n) is 3.68. The normalized spacial score (nSPS) is 15.9. The molecule has 1 unspecified atom stereocenters. The number of amides is 1. The molecule has 1 fully saturated rings. The molecule has 1 atom stereocenters. The van der Waals surface area contributed by atoms with E-state index < -0.39 is 12.1 Å². The first-order chi connectivity index (χ1) is 9.90. The maximum absolute atomic E-state index is 12.2. The molecule has 1 aromatic carbocycles. The van der Waals surface area contributed by atoms with Gasteiger partial charge in [0.1, 0.15) is 0 Å². The van der Waals surface area contributed by atoms with Gasteiger partial charge < -0.3 is 15.4 Å². The van der Waals surface area contributed by atoms with Crippen LogP contribution in [0.5, 0.6) is 0 Å². The zero-order valence-electron chi connectivity index (χ0n) is 12.2. The standard InChI is InChI=1S/C15H19BrN2O3/c1-9-12(7-11(16)8-13(9)17)15(20)21-10(2)14(19)18-5-3-4-6-18/h7-8,10H,3-6,17H2,1-2H3. The SMILES string of the molecule is Cc1c(N)cc(Br)cc1C(=O)OC(C)C(=O)N1CCCC1. The highest BCUT2D eigenvalue weighted by Crippen LogP contribution is 2.24. The van der Waals surface area contributed by atoms with Gasteiger partial charge in [0.2, 0.25) is 0 Å². The highest BCUT2D eigenvalue weighted by Gasteiger charge is 2.27. The summed E-state index contributed by atoms with van der Waals surface area (Å²) in [6.45, 7) is 4.84. The number of likely N-dealkylation sites (tertiary alicyclic amines) is 1. The van der Waals surface area contributed by atoms with E-state index >= 15 is 0 Å². The molecule has 0 aromatic heterocycles. The van der Waals surface area contributed by atoms with E-state index in [0.29, 0.717) is 21.3 Å². The van der Waals surface area contributed by atoms with E-state index in [0.717, 1.165) is 25.9 Å². The van der Waals surface area contributed by atoms with Gasteiger partial charge in [-0.15, -0.1) is 0 Å². The van der Waals surface area contributed by atoms with Crippen LogP contribution in [0.4, 0.5) is 5.69 Å². The number of esters is 1. The second-order valence-electron chi connectivity index (χ2n) is 5.25. The summed E-state index contributed by atoms with van der Waals surface area (Å²) in [6.07, 6.45) is 1.23. The van der Waals surface area contributed by atoms with Crippen molar-refractivity contribution in [1.82, 2.24) is 4.90 Å². The molecule has 6 heteroatoms. The molecule has 0 saturated carbocycles. The minimum atomic E-state index is -0.782. The topological polar surface area (TPSA) is 72.6 Å². The average Bonchev–Trinajstić information content (AvgIpc) is 2.95. The van der Waals surface area contributed by atoms with Gasteiger partial charge in [-0.25, -0.2) is 4.79 Å². The van der Waals surface area contributed by atoms with Crippen LogP contribution in [0.1, 0.15) is 35.7 Å². The fourth-order valence-corrected chi connectivity index (χ4v) is 2.86.